The third-order valence-electron chi connectivity index (χ3n) is 2.96. The first-order chi connectivity index (χ1) is 9.48. The highest BCUT2D eigenvalue weighted by molar-refractivity contribution is 7.92. The Kier molecular flexibility index (Phi) is 3.77. The number of benzene rings is 1. The highest BCUT2D eigenvalue weighted by Gasteiger charge is 2.23. The molecule has 1 aromatic carbocycles. The predicted octanol–water partition coefficient (Wildman–Crippen LogP) is 1.60. The van der Waals surface area contributed by atoms with Crippen LogP contribution in [0.1, 0.15) is 12.5 Å². The fourth-order valence-corrected chi connectivity index (χ4v) is 2.80. The number of nitriles is 1. The number of hydrogen-bond donors (Lipinski definition) is 0. The molecule has 0 aliphatic rings. The van der Waals surface area contributed by atoms with Gasteiger partial charge in [0.15, 0.2) is 5.03 Å². The van der Waals surface area contributed by atoms with E-state index in [1.54, 1.807) is 28.8 Å². The minimum Gasteiger partial charge on any atom is -0.336 e. The van der Waals surface area contributed by atoms with Gasteiger partial charge < -0.3 is 4.57 Å². The molecule has 2 aromatic rings. The summed E-state index contributed by atoms with van der Waals surface area (Å²) in [7, 11) is -2.22. The van der Waals surface area contributed by atoms with Crippen LogP contribution in [0.15, 0.2) is 41.8 Å². The van der Waals surface area contributed by atoms with Crippen LogP contribution in [0, 0.1) is 11.3 Å². The lowest BCUT2D eigenvalue weighted by Crippen LogP contribution is -2.26. The largest absolute Gasteiger partial charge is 0.336 e. The van der Waals surface area contributed by atoms with Crippen molar-refractivity contribution < 1.29 is 8.42 Å². The molecule has 2 rings (SSSR count). The standard InChI is InChI=1S/C13H14N4O2S/c1-3-17-9-13(15-10-17)20(18,19)16(2)12-6-4-11(8-14)5-7-12/h4-7,9-10H,3H2,1-2H3. The lowest BCUT2D eigenvalue weighted by molar-refractivity contribution is 0.591. The van der Waals surface area contributed by atoms with E-state index in [2.05, 4.69) is 4.98 Å². The van der Waals surface area contributed by atoms with E-state index in [1.807, 2.05) is 13.0 Å². The van der Waals surface area contributed by atoms with Gasteiger partial charge in [-0.1, -0.05) is 0 Å². The fourth-order valence-electron chi connectivity index (χ4n) is 1.67. The van der Waals surface area contributed by atoms with Crippen molar-refractivity contribution in [3.8, 4) is 6.07 Å². The Labute approximate surface area is 118 Å². The summed E-state index contributed by atoms with van der Waals surface area (Å²) in [6.45, 7) is 2.56. The summed E-state index contributed by atoms with van der Waals surface area (Å²) in [5.74, 6) is 0. The average molecular weight is 290 g/mol. The Morgan fingerprint density at radius 2 is 2.00 bits per heavy atom. The summed E-state index contributed by atoms with van der Waals surface area (Å²) < 4.78 is 27.6. The van der Waals surface area contributed by atoms with Gasteiger partial charge in [0, 0.05) is 19.8 Å². The zero-order chi connectivity index (χ0) is 14.8. The van der Waals surface area contributed by atoms with Crippen molar-refractivity contribution in [2.24, 2.45) is 0 Å². The average Bonchev–Trinajstić information content (AvgIpc) is 2.96. The lowest BCUT2D eigenvalue weighted by Gasteiger charge is -2.17. The van der Waals surface area contributed by atoms with Gasteiger partial charge in [-0.15, -0.1) is 0 Å². The highest BCUT2D eigenvalue weighted by atomic mass is 32.2. The van der Waals surface area contributed by atoms with Crippen molar-refractivity contribution in [3.05, 3.63) is 42.4 Å². The number of hydrogen-bond acceptors (Lipinski definition) is 4. The zero-order valence-corrected chi connectivity index (χ0v) is 12.0. The first-order valence-corrected chi connectivity index (χ1v) is 7.44. The van der Waals surface area contributed by atoms with Crippen LogP contribution in [0.25, 0.3) is 0 Å². The number of nitrogens with zero attached hydrogens (tertiary/aromatic N) is 4. The van der Waals surface area contributed by atoms with Crippen molar-refractivity contribution >= 4 is 15.7 Å². The molecule has 1 aromatic heterocycles. The molecule has 6 nitrogen and oxygen atoms in total. The van der Waals surface area contributed by atoms with Crippen molar-refractivity contribution in [2.75, 3.05) is 11.4 Å². The van der Waals surface area contributed by atoms with E-state index in [1.165, 1.54) is 19.6 Å². The van der Waals surface area contributed by atoms with Gasteiger partial charge in [0.2, 0.25) is 0 Å². The summed E-state index contributed by atoms with van der Waals surface area (Å²) in [6.07, 6.45) is 2.98. The second-order valence-corrected chi connectivity index (χ2v) is 6.09. The maximum absolute atomic E-state index is 12.4. The molecule has 0 aliphatic carbocycles. The van der Waals surface area contributed by atoms with E-state index in [-0.39, 0.29) is 5.03 Å². The van der Waals surface area contributed by atoms with Crippen molar-refractivity contribution in [3.63, 3.8) is 0 Å². The van der Waals surface area contributed by atoms with Crippen LogP contribution in [0.4, 0.5) is 5.69 Å². The van der Waals surface area contributed by atoms with Gasteiger partial charge in [0.25, 0.3) is 10.0 Å². The van der Waals surface area contributed by atoms with Crippen LogP contribution >= 0.6 is 0 Å². The van der Waals surface area contributed by atoms with E-state index in [0.29, 0.717) is 17.8 Å². The monoisotopic (exact) mass is 290 g/mol. The zero-order valence-electron chi connectivity index (χ0n) is 11.2. The molecule has 0 N–H and O–H groups in total. The van der Waals surface area contributed by atoms with Crippen LogP contribution in [-0.4, -0.2) is 25.0 Å². The quantitative estimate of drug-likeness (QED) is 0.856. The number of anilines is 1. The van der Waals surface area contributed by atoms with E-state index in [0.717, 1.165) is 4.31 Å². The van der Waals surface area contributed by atoms with Crippen LogP contribution in [0.5, 0.6) is 0 Å². The third-order valence-corrected chi connectivity index (χ3v) is 4.63. The number of aryl methyl sites for hydroxylation is 1. The van der Waals surface area contributed by atoms with Crippen LogP contribution in [-0.2, 0) is 16.6 Å². The van der Waals surface area contributed by atoms with Crippen LogP contribution in [0.2, 0.25) is 0 Å². The summed E-state index contributed by atoms with van der Waals surface area (Å²) in [6, 6.07) is 8.32. The van der Waals surface area contributed by atoms with E-state index in [4.69, 9.17) is 5.26 Å². The smallest absolute Gasteiger partial charge is 0.283 e. The Morgan fingerprint density at radius 1 is 1.35 bits per heavy atom. The predicted molar refractivity (Wildman–Crippen MR) is 74.6 cm³/mol. The maximum atomic E-state index is 12.4. The van der Waals surface area contributed by atoms with Gasteiger partial charge >= 0.3 is 0 Å². The number of sulfonamides is 1. The first kappa shape index (κ1) is 14.1. The molecule has 1 heterocycles. The molecule has 0 saturated carbocycles. The van der Waals surface area contributed by atoms with Crippen molar-refractivity contribution in [1.29, 1.82) is 5.26 Å². The molecular weight excluding hydrogens is 276 g/mol. The van der Waals surface area contributed by atoms with Gasteiger partial charge in [-0.25, -0.2) is 4.98 Å². The summed E-state index contributed by atoms with van der Waals surface area (Å²) in [5, 5.41) is 8.75. The van der Waals surface area contributed by atoms with Crippen LogP contribution in [0.3, 0.4) is 0 Å². The molecule has 0 unspecified atom stereocenters. The molecule has 0 spiro atoms. The molecule has 0 aliphatic heterocycles. The molecule has 104 valence electrons. The van der Waals surface area contributed by atoms with E-state index in [9.17, 15) is 8.42 Å². The lowest BCUT2D eigenvalue weighted by atomic mass is 10.2. The molecule has 20 heavy (non-hydrogen) atoms. The van der Waals surface area contributed by atoms with Gasteiger partial charge in [0.05, 0.1) is 23.6 Å². The van der Waals surface area contributed by atoms with Gasteiger partial charge in [-0.3, -0.25) is 4.31 Å². The summed E-state index contributed by atoms with van der Waals surface area (Å²) in [5.41, 5.74) is 0.963. The minimum atomic E-state index is -3.68. The molecular formula is C13H14N4O2S. The summed E-state index contributed by atoms with van der Waals surface area (Å²) in [4.78, 5) is 3.92. The first-order valence-electron chi connectivity index (χ1n) is 6.00. The number of imidazole rings is 1. The Balaban J connectivity index is 2.35. The number of aromatic nitrogens is 2. The number of rotatable bonds is 4. The molecule has 0 amide bonds. The van der Waals surface area contributed by atoms with Gasteiger partial charge in [-0.05, 0) is 31.2 Å². The molecule has 0 saturated heterocycles. The fraction of sp³-hybridized carbons (Fsp3) is 0.231. The molecule has 0 bridgehead atoms. The van der Waals surface area contributed by atoms with E-state index >= 15 is 0 Å². The van der Waals surface area contributed by atoms with E-state index < -0.39 is 10.0 Å². The van der Waals surface area contributed by atoms with Gasteiger partial charge in [0.1, 0.15) is 0 Å². The normalized spacial score (nSPS) is 11.1. The van der Waals surface area contributed by atoms with Gasteiger partial charge in [-0.2, -0.15) is 13.7 Å². The molecule has 7 heteroatoms. The maximum Gasteiger partial charge on any atom is 0.283 e. The molecule has 0 radical (unpaired) electrons. The van der Waals surface area contributed by atoms with Crippen LogP contribution < -0.4 is 4.31 Å². The topological polar surface area (TPSA) is 79.0 Å². The minimum absolute atomic E-state index is 0.00575. The van der Waals surface area contributed by atoms with Crippen molar-refractivity contribution in [1.82, 2.24) is 9.55 Å². The Bertz CT molecular complexity index is 741. The Morgan fingerprint density at radius 3 is 2.50 bits per heavy atom. The molecule has 0 fully saturated rings. The highest BCUT2D eigenvalue weighted by Crippen LogP contribution is 2.21. The molecule has 0 atom stereocenters. The second-order valence-electron chi connectivity index (χ2n) is 4.17. The SMILES string of the molecule is CCn1cnc(S(=O)(=O)N(C)c2ccc(C#N)cc2)c1. The Hall–Kier alpha value is -2.33. The second kappa shape index (κ2) is 5.35. The third kappa shape index (κ3) is 2.51. The van der Waals surface area contributed by atoms with Crippen molar-refractivity contribution in [2.45, 2.75) is 18.5 Å². The summed E-state index contributed by atoms with van der Waals surface area (Å²) >= 11 is 0.